The van der Waals surface area contributed by atoms with Crippen molar-refractivity contribution in [3.05, 3.63) is 83.7 Å². The standard InChI is InChI=1S/C45H59N11O7/c1-27-22-32(58)15-6-8-18-35(52-28(2)57)40(59)56-39(25-31-14-10-20-48-31)44(63)54-37(23-29-12-4-3-5-13-29)43(62)53-36(19-11-21-49-45(46)47)41(60)55-38(42(61)51-27)24-30-26-50-34-17-9-7-16-33(30)34/h3-5,7,9,12-14,16-17,20,26-27,35-39,50H,6,8,10-11,15,18-19,21-25H2,1-2H3,(H,51,61)(H,52,57)(H,53,62)(H,54,63)(H,55,60)(H,56,59)(H4,46,47,49)/t27-,35+,36+,37-,38+,39+/m1/s1. The van der Waals surface area contributed by atoms with E-state index in [0.717, 1.165) is 16.5 Å². The van der Waals surface area contributed by atoms with Crippen molar-refractivity contribution < 1.29 is 33.6 Å². The number of para-hydroxylation sites is 1. The Kier molecular flexibility index (Phi) is 17.5. The molecule has 5 rings (SSSR count). The van der Waals surface area contributed by atoms with Crippen LogP contribution in [-0.2, 0) is 46.4 Å². The zero-order valence-corrected chi connectivity index (χ0v) is 35.8. The lowest BCUT2D eigenvalue weighted by Crippen LogP contribution is -2.60. The Bertz CT molecular complexity index is 2200. The number of aromatic nitrogens is 1. The first-order valence-electron chi connectivity index (χ1n) is 21.4. The number of guanidine groups is 1. The number of nitrogens with two attached hydrogens (primary N) is 2. The second kappa shape index (κ2) is 23.4. The van der Waals surface area contributed by atoms with Crippen LogP contribution >= 0.6 is 0 Å². The lowest BCUT2D eigenvalue weighted by atomic mass is 10.0. The number of benzene rings is 2. The van der Waals surface area contributed by atoms with Crippen LogP contribution in [0.4, 0.5) is 0 Å². The largest absolute Gasteiger partial charge is 0.370 e. The van der Waals surface area contributed by atoms with Crippen LogP contribution in [0.2, 0.25) is 0 Å². The Morgan fingerprint density at radius 1 is 0.778 bits per heavy atom. The van der Waals surface area contributed by atoms with E-state index < -0.39 is 71.7 Å². The van der Waals surface area contributed by atoms with Crippen molar-refractivity contribution in [1.82, 2.24) is 36.9 Å². The van der Waals surface area contributed by atoms with Crippen LogP contribution < -0.4 is 43.4 Å². The van der Waals surface area contributed by atoms with Gasteiger partial charge < -0.3 is 48.4 Å². The summed E-state index contributed by atoms with van der Waals surface area (Å²) in [7, 11) is 0. The molecular formula is C45H59N11O7. The van der Waals surface area contributed by atoms with Crippen molar-refractivity contribution in [1.29, 1.82) is 0 Å². The summed E-state index contributed by atoms with van der Waals surface area (Å²) < 4.78 is 0. The van der Waals surface area contributed by atoms with Crippen molar-refractivity contribution >= 4 is 64.3 Å². The van der Waals surface area contributed by atoms with Gasteiger partial charge in [-0.15, -0.1) is 0 Å². The molecule has 11 N–H and O–H groups in total. The van der Waals surface area contributed by atoms with Crippen LogP contribution in [0.25, 0.3) is 10.9 Å². The molecule has 0 saturated carbocycles. The Labute approximate surface area is 366 Å². The van der Waals surface area contributed by atoms with Crippen LogP contribution in [0, 0.1) is 0 Å². The van der Waals surface area contributed by atoms with E-state index in [-0.39, 0.29) is 69.7 Å². The Hall–Kier alpha value is -6.85. The number of carbonyl (C=O) groups excluding carboxylic acids is 7. The molecule has 0 aliphatic carbocycles. The second-order valence-corrected chi connectivity index (χ2v) is 16.0. The number of amides is 6. The molecule has 0 spiro atoms. The van der Waals surface area contributed by atoms with E-state index >= 15 is 0 Å². The monoisotopic (exact) mass is 865 g/mol. The fourth-order valence-corrected chi connectivity index (χ4v) is 7.64. The minimum Gasteiger partial charge on any atom is -0.370 e. The van der Waals surface area contributed by atoms with E-state index in [4.69, 9.17) is 11.5 Å². The number of nitrogens with one attached hydrogen (secondary N) is 7. The molecule has 3 heterocycles. The smallest absolute Gasteiger partial charge is 0.243 e. The highest BCUT2D eigenvalue weighted by molar-refractivity contribution is 5.97. The first kappa shape index (κ1) is 47.2. The average Bonchev–Trinajstić information content (AvgIpc) is 3.92. The van der Waals surface area contributed by atoms with Crippen molar-refractivity contribution in [3.63, 3.8) is 0 Å². The number of aromatic amines is 1. The number of carbonyl (C=O) groups is 7. The van der Waals surface area contributed by atoms with E-state index in [2.05, 4.69) is 46.9 Å². The quantitative estimate of drug-likeness (QED) is 0.0761. The number of allylic oxidation sites excluding steroid dienone is 1. The first-order chi connectivity index (χ1) is 30.2. The number of ketones is 1. The van der Waals surface area contributed by atoms with E-state index in [1.807, 2.05) is 36.4 Å². The summed E-state index contributed by atoms with van der Waals surface area (Å²) in [5, 5.41) is 17.7. The number of aliphatic imine (C=N–C) groups is 2. The second-order valence-electron chi connectivity index (χ2n) is 16.0. The highest BCUT2D eigenvalue weighted by Gasteiger charge is 2.34. The SMILES string of the molecule is CC(=O)N[C@H]1CCCCC(=O)C[C@@H](C)NC(=O)[C@H](Cc2c[nH]c3ccccc23)NC(=O)[C@H](CCCN=C(N)N)NC(=O)[C@@H](Cc2ccccc2)NC(=O)[C@H](CC2=CCC=N2)NC1=O. The average molecular weight is 866 g/mol. The van der Waals surface area contributed by atoms with E-state index in [9.17, 15) is 33.6 Å². The molecule has 6 atom stereocenters. The van der Waals surface area contributed by atoms with Crippen LogP contribution in [0.3, 0.4) is 0 Å². The Morgan fingerprint density at radius 3 is 2.11 bits per heavy atom. The number of hydrogen-bond acceptors (Lipinski definition) is 9. The lowest BCUT2D eigenvalue weighted by molar-refractivity contribution is -0.135. The molecule has 18 heteroatoms. The fourth-order valence-electron chi connectivity index (χ4n) is 7.64. The van der Waals surface area contributed by atoms with Gasteiger partial charge in [0.2, 0.25) is 35.4 Å². The molecule has 2 aliphatic rings. The molecule has 6 amide bonds. The Balaban J connectivity index is 1.51. The summed E-state index contributed by atoms with van der Waals surface area (Å²) in [4.78, 5) is 108. The van der Waals surface area contributed by atoms with Gasteiger partial charge in [0.1, 0.15) is 36.0 Å². The van der Waals surface area contributed by atoms with Crippen LogP contribution in [-0.4, -0.2) is 101 Å². The molecule has 3 aromatic rings. The highest BCUT2D eigenvalue weighted by atomic mass is 16.2. The predicted octanol–water partition coefficient (Wildman–Crippen LogP) is 1.24. The summed E-state index contributed by atoms with van der Waals surface area (Å²) in [5.74, 6) is -3.98. The molecule has 63 heavy (non-hydrogen) atoms. The van der Waals surface area contributed by atoms with Gasteiger partial charge in [-0.1, -0.05) is 61.0 Å². The zero-order chi connectivity index (χ0) is 45.3. The van der Waals surface area contributed by atoms with Crippen LogP contribution in [0.1, 0.15) is 82.8 Å². The third-order valence-corrected chi connectivity index (χ3v) is 10.8. The summed E-state index contributed by atoms with van der Waals surface area (Å²) in [6, 6.07) is 10.0. The molecule has 0 bridgehead atoms. The summed E-state index contributed by atoms with van der Waals surface area (Å²) >= 11 is 0. The van der Waals surface area contributed by atoms with Gasteiger partial charge in [0.05, 0.1) is 0 Å². The number of rotatable bonds is 11. The van der Waals surface area contributed by atoms with Crippen molar-refractivity contribution in [3.8, 4) is 0 Å². The third kappa shape index (κ3) is 14.9. The molecular weight excluding hydrogens is 807 g/mol. The van der Waals surface area contributed by atoms with Gasteiger partial charge in [0.15, 0.2) is 5.96 Å². The summed E-state index contributed by atoms with van der Waals surface area (Å²) in [5.41, 5.74) is 14.0. The van der Waals surface area contributed by atoms with Gasteiger partial charge >= 0.3 is 0 Å². The molecule has 18 nitrogen and oxygen atoms in total. The summed E-state index contributed by atoms with van der Waals surface area (Å²) in [6.45, 7) is 3.12. The van der Waals surface area contributed by atoms with Crippen LogP contribution in [0.5, 0.6) is 0 Å². The fraction of sp³-hybridized carbons (Fsp3) is 0.444. The topological polar surface area (TPSA) is 284 Å². The summed E-state index contributed by atoms with van der Waals surface area (Å²) in [6.07, 6.45) is 7.31. The molecule has 336 valence electrons. The van der Waals surface area contributed by atoms with Crippen molar-refractivity contribution in [2.24, 2.45) is 21.5 Å². The minimum atomic E-state index is -1.25. The van der Waals surface area contributed by atoms with Gasteiger partial charge in [-0.25, -0.2) is 0 Å². The van der Waals surface area contributed by atoms with Gasteiger partial charge in [-0.3, -0.25) is 43.5 Å². The van der Waals surface area contributed by atoms with Crippen molar-refractivity contribution in [2.45, 2.75) is 121 Å². The maximum Gasteiger partial charge on any atom is 0.243 e. The van der Waals surface area contributed by atoms with Gasteiger partial charge in [-0.2, -0.15) is 0 Å². The maximum atomic E-state index is 14.5. The third-order valence-electron chi connectivity index (χ3n) is 10.8. The number of Topliss-reactive ketones (excluding diaryl/α,β-unsaturated/α-hetero) is 1. The zero-order valence-electron chi connectivity index (χ0n) is 35.8. The molecule has 1 aromatic heterocycles. The lowest BCUT2D eigenvalue weighted by Gasteiger charge is -2.28. The van der Waals surface area contributed by atoms with Gasteiger partial charge in [0.25, 0.3) is 0 Å². The Morgan fingerprint density at radius 2 is 1.41 bits per heavy atom. The van der Waals surface area contributed by atoms with Gasteiger partial charge in [0, 0.05) is 87.0 Å². The molecule has 2 aliphatic heterocycles. The molecule has 1 fully saturated rings. The number of fused-ring (bicyclic) bond motifs is 1. The van der Waals surface area contributed by atoms with Crippen molar-refractivity contribution in [2.75, 3.05) is 6.54 Å². The normalized spacial score (nSPS) is 23.5. The highest BCUT2D eigenvalue weighted by Crippen LogP contribution is 2.20. The predicted molar refractivity (Wildman–Crippen MR) is 239 cm³/mol. The number of hydrogen-bond donors (Lipinski definition) is 9. The molecule has 1 saturated heterocycles. The van der Waals surface area contributed by atoms with E-state index in [0.29, 0.717) is 30.5 Å². The number of nitrogens with zero attached hydrogens (tertiary/aromatic N) is 2. The number of H-pyrrole nitrogens is 1. The van der Waals surface area contributed by atoms with E-state index in [1.54, 1.807) is 43.6 Å². The van der Waals surface area contributed by atoms with Gasteiger partial charge in [-0.05, 0) is 49.8 Å². The first-order valence-corrected chi connectivity index (χ1v) is 21.4. The molecule has 0 radical (unpaired) electrons. The minimum absolute atomic E-state index is 0.0104. The van der Waals surface area contributed by atoms with Crippen LogP contribution in [0.15, 0.2) is 82.6 Å². The molecule has 0 unspecified atom stereocenters. The molecule has 2 aromatic carbocycles. The van der Waals surface area contributed by atoms with E-state index in [1.165, 1.54) is 6.92 Å². The maximum absolute atomic E-state index is 14.5.